The van der Waals surface area contributed by atoms with E-state index in [2.05, 4.69) is 122 Å². The molecule has 0 atom stereocenters. The number of benzene rings is 1. The second kappa shape index (κ2) is 38.4. The zero-order valence-electron chi connectivity index (χ0n) is 35.0. The summed E-state index contributed by atoms with van der Waals surface area (Å²) < 4.78 is 0. The summed E-state index contributed by atoms with van der Waals surface area (Å²) in [6, 6.07) is 3.98. The van der Waals surface area contributed by atoms with E-state index in [1.807, 2.05) is 12.1 Å². The molecule has 0 unspecified atom stereocenters. The normalized spacial score (nSPS) is 9.26. The highest BCUT2D eigenvalue weighted by Crippen LogP contribution is 2.16. The predicted molar refractivity (Wildman–Crippen MR) is 237 cm³/mol. The van der Waals surface area contributed by atoms with Crippen molar-refractivity contribution < 1.29 is 0 Å². The van der Waals surface area contributed by atoms with Crippen molar-refractivity contribution in [3.8, 4) is 94.7 Å². The molecule has 0 N–H and O–H groups in total. The maximum atomic E-state index is 3.28. The molecule has 0 spiro atoms. The van der Waals surface area contributed by atoms with Gasteiger partial charge in [-0.2, -0.15) is 0 Å². The van der Waals surface area contributed by atoms with E-state index >= 15 is 0 Å². The summed E-state index contributed by atoms with van der Waals surface area (Å²) in [5.74, 6) is 50.7. The van der Waals surface area contributed by atoms with Crippen molar-refractivity contribution >= 4 is 0 Å². The molecule has 286 valence electrons. The molecule has 0 aliphatic rings. The minimum atomic E-state index is 0.790. The second-order valence-corrected chi connectivity index (χ2v) is 14.2. The van der Waals surface area contributed by atoms with Crippen LogP contribution in [0.3, 0.4) is 0 Å². The van der Waals surface area contributed by atoms with Gasteiger partial charge in [-0.1, -0.05) is 203 Å². The highest BCUT2D eigenvalue weighted by molar-refractivity contribution is 5.63. The maximum Gasteiger partial charge on any atom is 0.0425 e. The van der Waals surface area contributed by atoms with Gasteiger partial charge < -0.3 is 0 Å². The Bertz CT molecular complexity index is 1400. The smallest absolute Gasteiger partial charge is 0.0425 e. The summed E-state index contributed by atoms with van der Waals surface area (Å²) in [6.45, 7) is 9.01. The van der Waals surface area contributed by atoms with Crippen LogP contribution in [-0.4, -0.2) is 0 Å². The zero-order chi connectivity index (χ0) is 38.8. The van der Waals surface area contributed by atoms with Gasteiger partial charge in [-0.25, -0.2) is 0 Å². The third kappa shape index (κ3) is 29.2. The van der Waals surface area contributed by atoms with Crippen LogP contribution in [0.25, 0.3) is 0 Å². The number of rotatable bonds is 24. The van der Waals surface area contributed by atoms with Crippen molar-refractivity contribution in [1.29, 1.82) is 0 Å². The van der Waals surface area contributed by atoms with Crippen LogP contribution in [0.2, 0.25) is 0 Å². The van der Waals surface area contributed by atoms with Crippen molar-refractivity contribution in [3.63, 3.8) is 0 Å². The van der Waals surface area contributed by atoms with Gasteiger partial charge in [0.15, 0.2) is 0 Å². The van der Waals surface area contributed by atoms with Crippen molar-refractivity contribution in [2.75, 3.05) is 0 Å². The topological polar surface area (TPSA) is 0 Å². The molecule has 0 heterocycles. The minimum absolute atomic E-state index is 0.790. The number of hydrogen-bond acceptors (Lipinski definition) is 0. The van der Waals surface area contributed by atoms with E-state index in [0.717, 1.165) is 73.6 Å². The van der Waals surface area contributed by atoms with E-state index in [0.29, 0.717) is 0 Å². The summed E-state index contributed by atoms with van der Waals surface area (Å²) in [7, 11) is 0. The summed E-state index contributed by atoms with van der Waals surface area (Å²) in [5, 5.41) is 0. The molecule has 1 rings (SSSR count). The SMILES string of the molecule is CCCCCCCCC#CC#Cc1cc(C#CC#CCCCCCCCC)c(C#CC#CCCCCCCCC)cc1C#CC#CCCCCCCCC. The molecule has 0 aromatic heterocycles. The summed E-state index contributed by atoms with van der Waals surface area (Å²) in [4.78, 5) is 0. The Labute approximate surface area is 335 Å². The van der Waals surface area contributed by atoms with Crippen LogP contribution < -0.4 is 0 Å². The van der Waals surface area contributed by atoms with E-state index < -0.39 is 0 Å². The Morgan fingerprint density at radius 2 is 0.463 bits per heavy atom. The van der Waals surface area contributed by atoms with Crippen LogP contribution in [-0.2, 0) is 0 Å². The standard InChI is InChI=1S/C54H70/c1-5-9-13-17-21-25-29-33-37-41-45-51-49-53(47-43-39-35-31-27-23-19-15-11-7-3)54(48-44-40-36-32-28-24-20-16-12-8-4)50-52(51)46-42-38-34-30-26-22-18-14-10-6-2/h49-50H,5-32H2,1-4H3. The first-order valence-electron chi connectivity index (χ1n) is 21.9. The van der Waals surface area contributed by atoms with Crippen molar-refractivity contribution in [2.45, 2.75) is 207 Å². The second-order valence-electron chi connectivity index (χ2n) is 14.2. The molecule has 0 aliphatic carbocycles. The summed E-state index contributed by atoms with van der Waals surface area (Å²) in [5.41, 5.74) is 3.16. The number of unbranched alkanes of at least 4 members (excludes halogenated alkanes) is 24. The molecule has 0 saturated carbocycles. The Hall–Kier alpha value is -4.30. The van der Waals surface area contributed by atoms with Gasteiger partial charge in [0.05, 0.1) is 0 Å². The zero-order valence-corrected chi connectivity index (χ0v) is 35.0. The van der Waals surface area contributed by atoms with Crippen LogP contribution in [0, 0.1) is 94.7 Å². The van der Waals surface area contributed by atoms with Gasteiger partial charge in [0.2, 0.25) is 0 Å². The number of hydrogen-bond donors (Lipinski definition) is 0. The Morgan fingerprint density at radius 3 is 0.685 bits per heavy atom. The van der Waals surface area contributed by atoms with E-state index in [9.17, 15) is 0 Å². The molecule has 54 heavy (non-hydrogen) atoms. The van der Waals surface area contributed by atoms with Gasteiger partial charge in [-0.15, -0.1) is 0 Å². The van der Waals surface area contributed by atoms with Crippen LogP contribution in [0.1, 0.15) is 230 Å². The fourth-order valence-corrected chi connectivity index (χ4v) is 5.81. The molecular formula is C54H70. The van der Waals surface area contributed by atoms with Crippen LogP contribution >= 0.6 is 0 Å². The van der Waals surface area contributed by atoms with Crippen molar-refractivity contribution in [2.24, 2.45) is 0 Å². The molecular weight excluding hydrogens is 649 g/mol. The fourth-order valence-electron chi connectivity index (χ4n) is 5.81. The Morgan fingerprint density at radius 1 is 0.259 bits per heavy atom. The third-order valence-electron chi connectivity index (χ3n) is 9.17. The molecule has 0 aliphatic heterocycles. The molecule has 0 amide bonds. The van der Waals surface area contributed by atoms with Gasteiger partial charge in [0.1, 0.15) is 0 Å². The summed E-state index contributed by atoms with van der Waals surface area (Å²) >= 11 is 0. The molecule has 0 heteroatoms. The maximum absolute atomic E-state index is 3.28. The van der Waals surface area contributed by atoms with Crippen molar-refractivity contribution in [3.05, 3.63) is 34.4 Å². The molecule has 0 fully saturated rings. The predicted octanol–water partition coefficient (Wildman–Crippen LogP) is 14.1. The molecule has 1 aromatic carbocycles. The quantitative estimate of drug-likeness (QED) is 0.0737. The molecule has 0 saturated heterocycles. The lowest BCUT2D eigenvalue weighted by molar-refractivity contribution is 0.614. The first-order chi connectivity index (χ1) is 26.8. The average molecular weight is 719 g/mol. The lowest BCUT2D eigenvalue weighted by atomic mass is 9.98. The van der Waals surface area contributed by atoms with Crippen LogP contribution in [0.15, 0.2) is 12.1 Å². The fraction of sp³-hybridized carbons (Fsp3) is 0.593. The van der Waals surface area contributed by atoms with E-state index in [4.69, 9.17) is 0 Å². The largest absolute Gasteiger partial charge is 0.0891 e. The molecule has 0 radical (unpaired) electrons. The van der Waals surface area contributed by atoms with Crippen LogP contribution in [0.4, 0.5) is 0 Å². The lowest BCUT2D eigenvalue weighted by Crippen LogP contribution is -1.92. The molecule has 1 aromatic rings. The highest BCUT2D eigenvalue weighted by atomic mass is 14.1. The molecule has 0 bridgehead atoms. The Kier molecular flexibility index (Phi) is 34.0. The van der Waals surface area contributed by atoms with Gasteiger partial charge in [0.25, 0.3) is 0 Å². The average Bonchev–Trinajstić information content (AvgIpc) is 3.18. The van der Waals surface area contributed by atoms with E-state index in [1.54, 1.807) is 0 Å². The lowest BCUT2D eigenvalue weighted by Gasteiger charge is -2.02. The minimum Gasteiger partial charge on any atom is -0.0891 e. The van der Waals surface area contributed by atoms with Gasteiger partial charge >= 0.3 is 0 Å². The van der Waals surface area contributed by atoms with E-state index in [1.165, 1.54) is 128 Å². The Balaban J connectivity index is 3.30. The van der Waals surface area contributed by atoms with Gasteiger partial charge in [-0.05, 0) is 85.2 Å². The van der Waals surface area contributed by atoms with Crippen molar-refractivity contribution in [1.82, 2.24) is 0 Å². The molecule has 0 nitrogen and oxygen atoms in total. The van der Waals surface area contributed by atoms with Gasteiger partial charge in [0, 0.05) is 47.9 Å². The monoisotopic (exact) mass is 719 g/mol. The first kappa shape index (κ1) is 47.7. The first-order valence-corrected chi connectivity index (χ1v) is 21.9. The van der Waals surface area contributed by atoms with E-state index in [-0.39, 0.29) is 0 Å². The van der Waals surface area contributed by atoms with Crippen LogP contribution in [0.5, 0.6) is 0 Å². The third-order valence-corrected chi connectivity index (χ3v) is 9.17. The summed E-state index contributed by atoms with van der Waals surface area (Å²) in [6.07, 6.45) is 33.8. The van der Waals surface area contributed by atoms with Gasteiger partial charge in [-0.3, -0.25) is 0 Å². The highest BCUT2D eigenvalue weighted by Gasteiger charge is 2.05.